The van der Waals surface area contributed by atoms with Crippen LogP contribution in [0.3, 0.4) is 0 Å². The van der Waals surface area contributed by atoms with Crippen LogP contribution in [-0.4, -0.2) is 37.0 Å². The second kappa shape index (κ2) is 7.59. The molecule has 1 aromatic rings. The summed E-state index contributed by atoms with van der Waals surface area (Å²) in [6, 6.07) is 4.58. The van der Waals surface area contributed by atoms with Crippen LogP contribution < -0.4 is 4.90 Å². The lowest BCUT2D eigenvalue weighted by molar-refractivity contribution is -0.384. The van der Waals surface area contributed by atoms with Gasteiger partial charge < -0.3 is 9.64 Å². The highest BCUT2D eigenvalue weighted by Crippen LogP contribution is 2.29. The molecule has 1 rings (SSSR count). The maximum absolute atomic E-state index is 11.3. The molecule has 0 amide bonds. The third-order valence-corrected chi connectivity index (χ3v) is 3.01. The number of anilines is 1. The third kappa shape index (κ3) is 4.03. The quantitative estimate of drug-likeness (QED) is 0.317. The number of nitro benzene ring substituents is 1. The minimum absolute atomic E-state index is 0.0453. The molecule has 0 aliphatic carbocycles. The topological polar surface area (TPSA) is 72.7 Å². The number of hydrogen-bond donors (Lipinski definition) is 0. The third-order valence-electron chi connectivity index (χ3n) is 3.01. The molecule has 0 saturated carbocycles. The maximum atomic E-state index is 11.3. The molecule has 1 aromatic carbocycles. The molecule has 110 valence electrons. The standard InChI is InChI=1S/C14H20N2O4/c1-4-15(8-9-20-5-2)13-7-6-12(11(3)17)10-14(13)16(18)19/h6-7,10H,4-5,8-9H2,1-3H3. The molecule has 0 aromatic heterocycles. The number of likely N-dealkylation sites (N-methyl/N-ethyl adjacent to an activating group) is 1. The van der Waals surface area contributed by atoms with E-state index >= 15 is 0 Å². The van der Waals surface area contributed by atoms with Crippen molar-refractivity contribution in [3.05, 3.63) is 33.9 Å². The lowest BCUT2D eigenvalue weighted by Gasteiger charge is -2.22. The predicted octanol–water partition coefficient (Wildman–Crippen LogP) is 2.66. The van der Waals surface area contributed by atoms with Crippen LogP contribution in [0, 0.1) is 10.1 Å². The van der Waals surface area contributed by atoms with Crippen LogP contribution >= 0.6 is 0 Å². The van der Waals surface area contributed by atoms with Gasteiger partial charge in [0.1, 0.15) is 5.69 Å². The number of hydrogen-bond acceptors (Lipinski definition) is 5. The van der Waals surface area contributed by atoms with Crippen molar-refractivity contribution in [1.29, 1.82) is 0 Å². The first-order valence-electron chi connectivity index (χ1n) is 6.63. The van der Waals surface area contributed by atoms with E-state index in [0.717, 1.165) is 0 Å². The number of ether oxygens (including phenoxy) is 1. The molecule has 6 heteroatoms. The van der Waals surface area contributed by atoms with Crippen LogP contribution in [0.1, 0.15) is 31.1 Å². The van der Waals surface area contributed by atoms with Crippen molar-refractivity contribution in [3.8, 4) is 0 Å². The van der Waals surface area contributed by atoms with Gasteiger partial charge in [-0.1, -0.05) is 0 Å². The Balaban J connectivity index is 3.07. The maximum Gasteiger partial charge on any atom is 0.293 e. The predicted molar refractivity (Wildman–Crippen MR) is 77.5 cm³/mol. The average Bonchev–Trinajstić information content (AvgIpc) is 2.43. The Hall–Kier alpha value is -1.95. The Labute approximate surface area is 118 Å². The van der Waals surface area contributed by atoms with Crippen LogP contribution in [0.15, 0.2) is 18.2 Å². The van der Waals surface area contributed by atoms with Gasteiger partial charge in [-0.3, -0.25) is 14.9 Å². The first-order valence-corrected chi connectivity index (χ1v) is 6.63. The van der Waals surface area contributed by atoms with E-state index < -0.39 is 4.92 Å². The number of carbonyl (C=O) groups is 1. The number of carbonyl (C=O) groups excluding carboxylic acids is 1. The van der Waals surface area contributed by atoms with Gasteiger partial charge in [0.25, 0.3) is 5.69 Å². The van der Waals surface area contributed by atoms with E-state index in [0.29, 0.717) is 37.6 Å². The molecule has 0 atom stereocenters. The van der Waals surface area contributed by atoms with Crippen LogP contribution in [0.4, 0.5) is 11.4 Å². The lowest BCUT2D eigenvalue weighted by atomic mass is 10.1. The summed E-state index contributed by atoms with van der Waals surface area (Å²) >= 11 is 0. The molecular formula is C14H20N2O4. The van der Waals surface area contributed by atoms with E-state index in [9.17, 15) is 14.9 Å². The molecule has 0 saturated heterocycles. The summed E-state index contributed by atoms with van der Waals surface area (Å²) in [6.45, 7) is 7.55. The molecule has 0 radical (unpaired) electrons. The number of benzene rings is 1. The van der Waals surface area contributed by atoms with Crippen molar-refractivity contribution in [1.82, 2.24) is 0 Å². The number of rotatable bonds is 8. The molecule has 6 nitrogen and oxygen atoms in total. The van der Waals surface area contributed by atoms with Gasteiger partial charge in [0.05, 0.1) is 11.5 Å². The minimum Gasteiger partial charge on any atom is -0.380 e. The molecule has 0 spiro atoms. The summed E-state index contributed by atoms with van der Waals surface area (Å²) in [5, 5.41) is 11.2. The number of Topliss-reactive ketones (excluding diaryl/α,β-unsaturated/α-hetero) is 1. The molecule has 0 unspecified atom stereocenters. The van der Waals surface area contributed by atoms with Crippen molar-refractivity contribution < 1.29 is 14.5 Å². The number of nitro groups is 1. The fourth-order valence-corrected chi connectivity index (χ4v) is 1.92. The van der Waals surface area contributed by atoms with Crippen LogP contribution in [-0.2, 0) is 4.74 Å². The van der Waals surface area contributed by atoms with Crippen LogP contribution in [0.5, 0.6) is 0 Å². The highest BCUT2D eigenvalue weighted by molar-refractivity contribution is 5.95. The molecule has 0 heterocycles. The molecule has 20 heavy (non-hydrogen) atoms. The summed E-state index contributed by atoms with van der Waals surface area (Å²) in [7, 11) is 0. The van der Waals surface area contributed by atoms with Crippen molar-refractivity contribution >= 4 is 17.2 Å². The van der Waals surface area contributed by atoms with Gasteiger partial charge >= 0.3 is 0 Å². The average molecular weight is 280 g/mol. The summed E-state index contributed by atoms with van der Waals surface area (Å²) in [5.41, 5.74) is 0.819. The number of ketones is 1. The van der Waals surface area contributed by atoms with E-state index in [1.54, 1.807) is 12.1 Å². The van der Waals surface area contributed by atoms with E-state index in [1.165, 1.54) is 13.0 Å². The first kappa shape index (κ1) is 16.1. The van der Waals surface area contributed by atoms with Crippen molar-refractivity contribution in [2.45, 2.75) is 20.8 Å². The second-order valence-electron chi connectivity index (χ2n) is 4.29. The molecule has 0 N–H and O–H groups in total. The zero-order valence-electron chi connectivity index (χ0n) is 12.1. The van der Waals surface area contributed by atoms with E-state index in [4.69, 9.17) is 4.74 Å². The number of nitrogens with zero attached hydrogens (tertiary/aromatic N) is 2. The van der Waals surface area contributed by atoms with Crippen LogP contribution in [0.25, 0.3) is 0 Å². The Morgan fingerprint density at radius 3 is 2.60 bits per heavy atom. The lowest BCUT2D eigenvalue weighted by Crippen LogP contribution is -2.28. The second-order valence-corrected chi connectivity index (χ2v) is 4.29. The molecule has 0 aliphatic rings. The fraction of sp³-hybridized carbons (Fsp3) is 0.500. The zero-order chi connectivity index (χ0) is 15.1. The van der Waals surface area contributed by atoms with Crippen molar-refractivity contribution in [3.63, 3.8) is 0 Å². The molecule has 0 bridgehead atoms. The Morgan fingerprint density at radius 1 is 1.40 bits per heavy atom. The minimum atomic E-state index is -0.453. The summed E-state index contributed by atoms with van der Waals surface area (Å²) in [4.78, 5) is 23.9. The summed E-state index contributed by atoms with van der Waals surface area (Å²) in [5.74, 6) is -0.183. The Bertz CT molecular complexity index is 488. The Kier molecular flexibility index (Phi) is 6.11. The fourth-order valence-electron chi connectivity index (χ4n) is 1.92. The van der Waals surface area contributed by atoms with Gasteiger partial charge in [-0.25, -0.2) is 0 Å². The van der Waals surface area contributed by atoms with E-state index in [-0.39, 0.29) is 11.5 Å². The Morgan fingerprint density at radius 2 is 2.10 bits per heavy atom. The largest absolute Gasteiger partial charge is 0.380 e. The van der Waals surface area contributed by atoms with Gasteiger partial charge in [-0.05, 0) is 32.9 Å². The van der Waals surface area contributed by atoms with E-state index in [1.807, 2.05) is 18.7 Å². The van der Waals surface area contributed by atoms with Gasteiger partial charge in [-0.15, -0.1) is 0 Å². The van der Waals surface area contributed by atoms with Gasteiger partial charge in [0.15, 0.2) is 5.78 Å². The monoisotopic (exact) mass is 280 g/mol. The summed E-state index contributed by atoms with van der Waals surface area (Å²) < 4.78 is 5.28. The highest BCUT2D eigenvalue weighted by atomic mass is 16.6. The van der Waals surface area contributed by atoms with Crippen LogP contribution in [0.2, 0.25) is 0 Å². The normalized spacial score (nSPS) is 10.3. The molecular weight excluding hydrogens is 260 g/mol. The highest BCUT2D eigenvalue weighted by Gasteiger charge is 2.20. The van der Waals surface area contributed by atoms with Crippen molar-refractivity contribution in [2.75, 3.05) is 31.2 Å². The SMILES string of the molecule is CCOCCN(CC)c1ccc(C(C)=O)cc1[N+](=O)[O-]. The smallest absolute Gasteiger partial charge is 0.293 e. The first-order chi connectivity index (χ1) is 9.51. The van der Waals surface area contributed by atoms with Gasteiger partial charge in [-0.2, -0.15) is 0 Å². The van der Waals surface area contributed by atoms with Gasteiger partial charge in [0.2, 0.25) is 0 Å². The molecule has 0 fully saturated rings. The summed E-state index contributed by atoms with van der Waals surface area (Å²) in [6.07, 6.45) is 0. The van der Waals surface area contributed by atoms with E-state index in [2.05, 4.69) is 0 Å². The zero-order valence-corrected chi connectivity index (χ0v) is 12.1. The molecule has 0 aliphatic heterocycles. The van der Waals surface area contributed by atoms with Gasteiger partial charge in [0, 0.05) is 31.3 Å². The van der Waals surface area contributed by atoms with Crippen molar-refractivity contribution in [2.24, 2.45) is 0 Å².